The Balaban J connectivity index is 2.71. The number of nitrogens with one attached hydrogen (secondary N) is 1. The zero-order valence-electron chi connectivity index (χ0n) is 11.0. The molecule has 17 heavy (non-hydrogen) atoms. The predicted molar refractivity (Wildman–Crippen MR) is 72.1 cm³/mol. The number of rotatable bonds is 6. The minimum atomic E-state index is 0.460. The number of ether oxygens (including phenoxy) is 1. The molecule has 1 N–H and O–H groups in total. The molecule has 1 rings (SSSR count). The van der Waals surface area contributed by atoms with Crippen molar-refractivity contribution in [3.8, 4) is 17.6 Å². The summed E-state index contributed by atoms with van der Waals surface area (Å²) in [6, 6.07) is 6.24. The van der Waals surface area contributed by atoms with E-state index in [-0.39, 0.29) is 0 Å². The first kappa shape index (κ1) is 13.6. The summed E-state index contributed by atoms with van der Waals surface area (Å²) in [5.74, 6) is 6.74. The van der Waals surface area contributed by atoms with Crippen molar-refractivity contribution < 1.29 is 4.74 Å². The van der Waals surface area contributed by atoms with Gasteiger partial charge in [0, 0.05) is 12.1 Å². The SMILES string of the molecule is CC#CCOc1c(C)cccc1CNCCC. The molecule has 1 aromatic carbocycles. The van der Waals surface area contributed by atoms with Crippen molar-refractivity contribution in [3.05, 3.63) is 29.3 Å². The molecule has 0 fully saturated rings. The van der Waals surface area contributed by atoms with Crippen molar-refractivity contribution in [3.63, 3.8) is 0 Å². The van der Waals surface area contributed by atoms with Gasteiger partial charge in [0.15, 0.2) is 0 Å². The molecule has 0 aliphatic rings. The third-order valence-electron chi connectivity index (χ3n) is 2.50. The van der Waals surface area contributed by atoms with Crippen molar-refractivity contribution in [1.82, 2.24) is 5.32 Å². The molecule has 0 aliphatic heterocycles. The van der Waals surface area contributed by atoms with Crippen LogP contribution in [0.3, 0.4) is 0 Å². The molecule has 92 valence electrons. The van der Waals surface area contributed by atoms with Crippen molar-refractivity contribution >= 4 is 0 Å². The second-order valence-corrected chi connectivity index (χ2v) is 3.96. The van der Waals surface area contributed by atoms with Gasteiger partial charge < -0.3 is 10.1 Å². The molecular weight excluding hydrogens is 210 g/mol. The van der Waals surface area contributed by atoms with Gasteiger partial charge in [0.2, 0.25) is 0 Å². The standard InChI is InChI=1S/C15H21NO/c1-4-6-11-17-15-13(3)8-7-9-14(15)12-16-10-5-2/h7-9,16H,5,10-12H2,1-3H3. The van der Waals surface area contributed by atoms with Crippen LogP contribution in [0.2, 0.25) is 0 Å². The van der Waals surface area contributed by atoms with Gasteiger partial charge in [-0.25, -0.2) is 0 Å². The van der Waals surface area contributed by atoms with E-state index in [1.54, 1.807) is 0 Å². The van der Waals surface area contributed by atoms with Crippen LogP contribution in [-0.2, 0) is 6.54 Å². The van der Waals surface area contributed by atoms with Gasteiger partial charge in [-0.3, -0.25) is 0 Å². The Morgan fingerprint density at radius 3 is 2.88 bits per heavy atom. The molecule has 0 saturated heterocycles. The van der Waals surface area contributed by atoms with Gasteiger partial charge >= 0.3 is 0 Å². The maximum atomic E-state index is 5.73. The third-order valence-corrected chi connectivity index (χ3v) is 2.50. The topological polar surface area (TPSA) is 21.3 Å². The van der Waals surface area contributed by atoms with Gasteiger partial charge in [0.25, 0.3) is 0 Å². The fourth-order valence-electron chi connectivity index (χ4n) is 1.64. The van der Waals surface area contributed by atoms with Crippen LogP contribution in [0.4, 0.5) is 0 Å². The van der Waals surface area contributed by atoms with E-state index < -0.39 is 0 Å². The fraction of sp³-hybridized carbons (Fsp3) is 0.467. The highest BCUT2D eigenvalue weighted by Crippen LogP contribution is 2.23. The molecular formula is C15H21NO. The van der Waals surface area contributed by atoms with Crippen LogP contribution in [0, 0.1) is 18.8 Å². The fourth-order valence-corrected chi connectivity index (χ4v) is 1.64. The zero-order valence-corrected chi connectivity index (χ0v) is 11.0. The van der Waals surface area contributed by atoms with Crippen LogP contribution in [0.5, 0.6) is 5.75 Å². The van der Waals surface area contributed by atoms with Crippen LogP contribution in [0.1, 0.15) is 31.4 Å². The minimum Gasteiger partial charge on any atom is -0.480 e. The molecule has 0 saturated carbocycles. The highest BCUT2D eigenvalue weighted by atomic mass is 16.5. The normalized spacial score (nSPS) is 9.59. The monoisotopic (exact) mass is 231 g/mol. The summed E-state index contributed by atoms with van der Waals surface area (Å²) >= 11 is 0. The third kappa shape index (κ3) is 4.50. The Bertz CT molecular complexity index is 401. The van der Waals surface area contributed by atoms with E-state index in [1.165, 1.54) is 11.1 Å². The summed E-state index contributed by atoms with van der Waals surface area (Å²) < 4.78 is 5.73. The Labute approximate surface area is 104 Å². The van der Waals surface area contributed by atoms with Gasteiger partial charge in [-0.2, -0.15) is 0 Å². The minimum absolute atomic E-state index is 0.460. The Morgan fingerprint density at radius 2 is 2.18 bits per heavy atom. The van der Waals surface area contributed by atoms with Crippen molar-refractivity contribution in [2.45, 2.75) is 33.7 Å². The molecule has 2 heteroatoms. The molecule has 1 aromatic rings. The molecule has 0 bridgehead atoms. The number of aryl methyl sites for hydroxylation is 1. The summed E-state index contributed by atoms with van der Waals surface area (Å²) in [6.07, 6.45) is 1.14. The van der Waals surface area contributed by atoms with Crippen LogP contribution >= 0.6 is 0 Å². The molecule has 0 radical (unpaired) electrons. The second kappa shape index (κ2) is 7.76. The van der Waals surface area contributed by atoms with Crippen LogP contribution in [0.15, 0.2) is 18.2 Å². The predicted octanol–water partition coefficient (Wildman–Crippen LogP) is 2.90. The maximum Gasteiger partial charge on any atom is 0.149 e. The summed E-state index contributed by atoms with van der Waals surface area (Å²) in [5.41, 5.74) is 2.37. The molecule has 0 amide bonds. The zero-order chi connectivity index (χ0) is 12.5. The van der Waals surface area contributed by atoms with E-state index in [0.29, 0.717) is 6.61 Å². The van der Waals surface area contributed by atoms with E-state index in [4.69, 9.17) is 4.74 Å². The van der Waals surface area contributed by atoms with Gasteiger partial charge in [-0.05, 0) is 32.4 Å². The lowest BCUT2D eigenvalue weighted by molar-refractivity contribution is 0.362. The second-order valence-electron chi connectivity index (χ2n) is 3.96. The van der Waals surface area contributed by atoms with E-state index >= 15 is 0 Å². The molecule has 0 heterocycles. The first-order valence-electron chi connectivity index (χ1n) is 6.11. The molecule has 0 unspecified atom stereocenters. The lowest BCUT2D eigenvalue weighted by atomic mass is 10.1. The number of hydrogen-bond donors (Lipinski definition) is 1. The number of hydrogen-bond acceptors (Lipinski definition) is 2. The van der Waals surface area contributed by atoms with Gasteiger partial charge in [0.1, 0.15) is 12.4 Å². The lowest BCUT2D eigenvalue weighted by Crippen LogP contribution is -2.15. The van der Waals surface area contributed by atoms with E-state index in [1.807, 2.05) is 6.92 Å². The first-order chi connectivity index (χ1) is 8.29. The van der Waals surface area contributed by atoms with Crippen molar-refractivity contribution in [2.24, 2.45) is 0 Å². The molecule has 2 nitrogen and oxygen atoms in total. The maximum absolute atomic E-state index is 5.73. The van der Waals surface area contributed by atoms with Crippen LogP contribution in [-0.4, -0.2) is 13.2 Å². The largest absolute Gasteiger partial charge is 0.480 e. The molecule has 0 spiro atoms. The summed E-state index contributed by atoms with van der Waals surface area (Å²) in [5, 5.41) is 3.39. The smallest absolute Gasteiger partial charge is 0.149 e. The highest BCUT2D eigenvalue weighted by molar-refractivity contribution is 5.40. The quantitative estimate of drug-likeness (QED) is 0.600. The van der Waals surface area contributed by atoms with Crippen LogP contribution in [0.25, 0.3) is 0 Å². The first-order valence-corrected chi connectivity index (χ1v) is 6.11. The number of para-hydroxylation sites is 1. The lowest BCUT2D eigenvalue weighted by Gasteiger charge is -2.13. The molecule has 0 aromatic heterocycles. The van der Waals surface area contributed by atoms with Crippen molar-refractivity contribution in [1.29, 1.82) is 0 Å². The Hall–Kier alpha value is -1.46. The van der Waals surface area contributed by atoms with Gasteiger partial charge in [0.05, 0.1) is 0 Å². The molecule has 0 aliphatic carbocycles. The average Bonchev–Trinajstić information content (AvgIpc) is 2.33. The highest BCUT2D eigenvalue weighted by Gasteiger charge is 2.05. The van der Waals surface area contributed by atoms with E-state index in [9.17, 15) is 0 Å². The molecule has 0 atom stereocenters. The van der Waals surface area contributed by atoms with E-state index in [2.05, 4.69) is 49.2 Å². The average molecular weight is 231 g/mol. The number of benzene rings is 1. The van der Waals surface area contributed by atoms with Crippen LogP contribution < -0.4 is 10.1 Å². The van der Waals surface area contributed by atoms with Gasteiger partial charge in [-0.1, -0.05) is 31.0 Å². The van der Waals surface area contributed by atoms with E-state index in [0.717, 1.165) is 25.3 Å². The Morgan fingerprint density at radius 1 is 1.35 bits per heavy atom. The van der Waals surface area contributed by atoms with Crippen molar-refractivity contribution in [2.75, 3.05) is 13.2 Å². The Kier molecular flexibility index (Phi) is 6.21. The van der Waals surface area contributed by atoms with Gasteiger partial charge in [-0.15, -0.1) is 5.92 Å². The summed E-state index contributed by atoms with van der Waals surface area (Å²) in [7, 11) is 0. The summed E-state index contributed by atoms with van der Waals surface area (Å²) in [4.78, 5) is 0. The summed E-state index contributed by atoms with van der Waals surface area (Å²) in [6.45, 7) is 8.40.